The number of esters is 1. The predicted molar refractivity (Wildman–Crippen MR) is 124 cm³/mol. The number of hydrogen-bond acceptors (Lipinski definition) is 10. The van der Waals surface area contributed by atoms with Crippen LogP contribution in [0.1, 0.15) is 31.1 Å². The van der Waals surface area contributed by atoms with Gasteiger partial charge in [0.05, 0.1) is 48.5 Å². The quantitative estimate of drug-likeness (QED) is 0.354. The number of pyridine rings is 1. The Morgan fingerprint density at radius 3 is 2.71 bits per heavy atom. The van der Waals surface area contributed by atoms with Crippen LogP contribution in [0.3, 0.4) is 0 Å². The lowest BCUT2D eigenvalue weighted by Gasteiger charge is -2.25. The van der Waals surface area contributed by atoms with Gasteiger partial charge in [-0.05, 0) is 24.3 Å². The number of carbonyl (C=O) groups excluding carboxylic acids is 3. The van der Waals surface area contributed by atoms with Crippen molar-refractivity contribution < 1.29 is 28.6 Å². The number of nitrogens with two attached hydrogens (primary N) is 1. The number of benzene rings is 1. The summed E-state index contributed by atoms with van der Waals surface area (Å²) in [6, 6.07) is 9.90. The zero-order valence-corrected chi connectivity index (χ0v) is 19.0. The molecule has 1 saturated heterocycles. The molecule has 0 saturated carbocycles. The fourth-order valence-electron chi connectivity index (χ4n) is 3.64. The van der Waals surface area contributed by atoms with Crippen LogP contribution in [0.15, 0.2) is 48.8 Å². The van der Waals surface area contributed by atoms with E-state index >= 15 is 0 Å². The molecule has 1 fully saturated rings. The van der Waals surface area contributed by atoms with E-state index in [1.807, 2.05) is 4.90 Å². The summed E-state index contributed by atoms with van der Waals surface area (Å²) in [5.41, 5.74) is 7.29. The van der Waals surface area contributed by atoms with Gasteiger partial charge >= 0.3 is 5.97 Å². The molecule has 0 bridgehead atoms. The summed E-state index contributed by atoms with van der Waals surface area (Å²) >= 11 is 0. The summed E-state index contributed by atoms with van der Waals surface area (Å²) in [4.78, 5) is 43.0. The summed E-state index contributed by atoms with van der Waals surface area (Å²) in [5.74, 6) is -0.772. The number of carbonyl (C=O) groups is 3. The van der Waals surface area contributed by atoms with E-state index < -0.39 is 5.97 Å². The number of aromatic nitrogens is 3. The van der Waals surface area contributed by atoms with Crippen LogP contribution in [0.25, 0.3) is 11.4 Å². The van der Waals surface area contributed by atoms with Crippen LogP contribution in [0.2, 0.25) is 0 Å². The van der Waals surface area contributed by atoms with Gasteiger partial charge in [0.25, 0.3) is 5.91 Å². The Hall–Kier alpha value is -3.93. The number of ether oxygens (including phenoxy) is 3. The summed E-state index contributed by atoms with van der Waals surface area (Å²) < 4.78 is 17.8. The minimum atomic E-state index is -0.615. The fourth-order valence-corrected chi connectivity index (χ4v) is 3.64. The van der Waals surface area contributed by atoms with Crippen molar-refractivity contribution in [3.63, 3.8) is 0 Å². The molecule has 4 rings (SSSR count). The van der Waals surface area contributed by atoms with Crippen LogP contribution in [-0.4, -0.2) is 77.4 Å². The first-order valence-corrected chi connectivity index (χ1v) is 11.0. The van der Waals surface area contributed by atoms with Gasteiger partial charge in [0, 0.05) is 24.8 Å². The molecule has 2 aromatic heterocycles. The molecule has 0 amide bonds. The van der Waals surface area contributed by atoms with Crippen molar-refractivity contribution in [2.45, 2.75) is 6.61 Å². The third kappa shape index (κ3) is 5.60. The molecule has 182 valence electrons. The molecule has 1 aliphatic rings. The average molecular weight is 479 g/mol. The SMILES string of the molecule is NCC(=O)n1nccc1-c1ncccc1COc1cccc(C(=O)OCN2CCOCC2)c1C=O. The minimum Gasteiger partial charge on any atom is -0.488 e. The molecule has 0 radical (unpaired) electrons. The average Bonchev–Trinajstić information content (AvgIpc) is 3.40. The highest BCUT2D eigenvalue weighted by atomic mass is 16.5. The molecule has 3 heterocycles. The minimum absolute atomic E-state index is 0.0261. The summed E-state index contributed by atoms with van der Waals surface area (Å²) in [6.07, 6.45) is 3.64. The van der Waals surface area contributed by atoms with Crippen molar-refractivity contribution in [1.82, 2.24) is 19.7 Å². The van der Waals surface area contributed by atoms with E-state index in [1.165, 1.54) is 16.9 Å². The van der Waals surface area contributed by atoms with E-state index in [2.05, 4.69) is 10.1 Å². The van der Waals surface area contributed by atoms with Gasteiger partial charge in [0.15, 0.2) is 6.29 Å². The molecule has 35 heavy (non-hydrogen) atoms. The van der Waals surface area contributed by atoms with Gasteiger partial charge in [-0.1, -0.05) is 12.1 Å². The van der Waals surface area contributed by atoms with Crippen LogP contribution in [0.4, 0.5) is 0 Å². The second-order valence-corrected chi connectivity index (χ2v) is 7.65. The first-order valence-electron chi connectivity index (χ1n) is 11.0. The van der Waals surface area contributed by atoms with E-state index in [9.17, 15) is 14.4 Å². The van der Waals surface area contributed by atoms with E-state index in [1.54, 1.807) is 36.5 Å². The van der Waals surface area contributed by atoms with Crippen molar-refractivity contribution in [1.29, 1.82) is 0 Å². The summed E-state index contributed by atoms with van der Waals surface area (Å²) in [5, 5.41) is 4.03. The topological polar surface area (TPSA) is 139 Å². The molecule has 0 spiro atoms. The number of rotatable bonds is 9. The molecular formula is C24H25N5O6. The van der Waals surface area contributed by atoms with Gasteiger partial charge < -0.3 is 19.9 Å². The van der Waals surface area contributed by atoms with Gasteiger partial charge in [-0.2, -0.15) is 9.78 Å². The number of morpholine rings is 1. The molecule has 0 unspecified atom stereocenters. The standard InChI is InChI=1S/C24H25N5O6/c25-13-22(31)29-20(6-8-27-29)23-17(3-2-7-26-23)15-34-21-5-1-4-18(19(21)14-30)24(32)35-16-28-9-11-33-12-10-28/h1-8,14H,9-13,15-16,25H2. The van der Waals surface area contributed by atoms with Crippen LogP contribution in [0.5, 0.6) is 5.75 Å². The lowest BCUT2D eigenvalue weighted by molar-refractivity contribution is -0.0209. The number of aldehydes is 1. The Bertz CT molecular complexity index is 1200. The van der Waals surface area contributed by atoms with Crippen molar-refractivity contribution in [2.75, 3.05) is 39.6 Å². The van der Waals surface area contributed by atoms with E-state index in [4.69, 9.17) is 19.9 Å². The second kappa shape index (κ2) is 11.5. The Morgan fingerprint density at radius 1 is 1.11 bits per heavy atom. The molecule has 11 heteroatoms. The molecule has 2 N–H and O–H groups in total. The zero-order chi connectivity index (χ0) is 24.6. The first kappa shape index (κ1) is 24.2. The van der Waals surface area contributed by atoms with Crippen molar-refractivity contribution in [2.24, 2.45) is 5.73 Å². The molecule has 1 aliphatic heterocycles. The van der Waals surface area contributed by atoms with E-state index in [-0.39, 0.29) is 42.7 Å². The summed E-state index contributed by atoms with van der Waals surface area (Å²) in [6.45, 7) is 2.43. The molecule has 1 aromatic carbocycles. The largest absolute Gasteiger partial charge is 0.488 e. The predicted octanol–water partition coefficient (Wildman–Crippen LogP) is 1.38. The van der Waals surface area contributed by atoms with Crippen LogP contribution in [-0.2, 0) is 16.1 Å². The van der Waals surface area contributed by atoms with Crippen LogP contribution in [0, 0.1) is 0 Å². The maximum atomic E-state index is 12.7. The van der Waals surface area contributed by atoms with Crippen molar-refractivity contribution in [3.05, 3.63) is 65.5 Å². The Labute approximate surface area is 201 Å². The van der Waals surface area contributed by atoms with E-state index in [0.717, 1.165) is 0 Å². The Balaban J connectivity index is 1.51. The number of nitrogens with zero attached hydrogens (tertiary/aromatic N) is 4. The third-order valence-corrected chi connectivity index (χ3v) is 5.46. The second-order valence-electron chi connectivity index (χ2n) is 7.65. The van der Waals surface area contributed by atoms with Gasteiger partial charge in [-0.25, -0.2) is 4.79 Å². The maximum Gasteiger partial charge on any atom is 0.340 e. The highest BCUT2D eigenvalue weighted by molar-refractivity contribution is 6.00. The summed E-state index contributed by atoms with van der Waals surface area (Å²) in [7, 11) is 0. The molecule has 0 atom stereocenters. The van der Waals surface area contributed by atoms with Gasteiger partial charge in [-0.15, -0.1) is 0 Å². The van der Waals surface area contributed by atoms with Crippen molar-refractivity contribution in [3.8, 4) is 17.1 Å². The normalized spacial score (nSPS) is 13.9. The Kier molecular flexibility index (Phi) is 7.93. The molecular weight excluding hydrogens is 454 g/mol. The van der Waals surface area contributed by atoms with Gasteiger partial charge in [0.2, 0.25) is 0 Å². The van der Waals surface area contributed by atoms with Crippen LogP contribution >= 0.6 is 0 Å². The van der Waals surface area contributed by atoms with E-state index in [0.29, 0.717) is 49.5 Å². The smallest absolute Gasteiger partial charge is 0.340 e. The monoisotopic (exact) mass is 479 g/mol. The molecule has 11 nitrogen and oxygen atoms in total. The third-order valence-electron chi connectivity index (χ3n) is 5.46. The molecule has 3 aromatic rings. The highest BCUT2D eigenvalue weighted by Gasteiger charge is 2.20. The number of hydrogen-bond donors (Lipinski definition) is 1. The first-order chi connectivity index (χ1) is 17.1. The van der Waals surface area contributed by atoms with Crippen molar-refractivity contribution >= 4 is 18.2 Å². The fraction of sp³-hybridized carbons (Fsp3) is 0.292. The molecule has 0 aliphatic carbocycles. The van der Waals surface area contributed by atoms with Gasteiger partial charge in [0.1, 0.15) is 19.1 Å². The van der Waals surface area contributed by atoms with Gasteiger partial charge in [-0.3, -0.25) is 19.5 Å². The lowest BCUT2D eigenvalue weighted by Crippen LogP contribution is -2.38. The zero-order valence-electron chi connectivity index (χ0n) is 19.0. The van der Waals surface area contributed by atoms with Crippen LogP contribution < -0.4 is 10.5 Å². The Morgan fingerprint density at radius 2 is 1.94 bits per heavy atom. The maximum absolute atomic E-state index is 12.7. The highest BCUT2D eigenvalue weighted by Crippen LogP contribution is 2.26. The lowest BCUT2D eigenvalue weighted by atomic mass is 10.1.